The maximum absolute atomic E-state index is 12.4. The maximum Gasteiger partial charge on any atom is 0.263 e. The molecule has 0 heterocycles. The maximum atomic E-state index is 12.4. The van der Waals surface area contributed by atoms with Gasteiger partial charge in [-0.2, -0.15) is 0 Å². The second-order valence-electron chi connectivity index (χ2n) is 4.37. The van der Waals surface area contributed by atoms with Crippen LogP contribution in [0.5, 0.6) is 0 Å². The van der Waals surface area contributed by atoms with Crippen molar-refractivity contribution < 1.29 is 8.42 Å². The topological polar surface area (TPSA) is 72.2 Å². The van der Waals surface area contributed by atoms with Gasteiger partial charge in [0, 0.05) is 10.7 Å². The average Bonchev–Trinajstić information content (AvgIpc) is 2.37. The lowest BCUT2D eigenvalue weighted by Gasteiger charge is -2.12. The summed E-state index contributed by atoms with van der Waals surface area (Å²) in [5.41, 5.74) is 6.93. The number of halogens is 3. The van der Waals surface area contributed by atoms with Crippen molar-refractivity contribution in [3.63, 3.8) is 0 Å². The first-order valence-corrected chi connectivity index (χ1v) is 8.36. The van der Waals surface area contributed by atoms with Crippen molar-refractivity contribution in [2.45, 2.75) is 11.8 Å². The monoisotopic (exact) mass is 364 g/mol. The summed E-state index contributed by atoms with van der Waals surface area (Å²) in [6.45, 7) is 1.73. The van der Waals surface area contributed by atoms with Crippen LogP contribution in [-0.4, -0.2) is 8.42 Å². The van der Waals surface area contributed by atoms with E-state index in [2.05, 4.69) is 4.72 Å². The van der Waals surface area contributed by atoms with Gasteiger partial charge in [-0.3, -0.25) is 4.72 Å². The van der Waals surface area contributed by atoms with Crippen LogP contribution in [-0.2, 0) is 10.0 Å². The van der Waals surface area contributed by atoms with E-state index in [9.17, 15) is 8.42 Å². The van der Waals surface area contributed by atoms with E-state index >= 15 is 0 Å². The summed E-state index contributed by atoms with van der Waals surface area (Å²) in [6, 6.07) is 7.25. The Bertz CT molecular complexity index is 807. The summed E-state index contributed by atoms with van der Waals surface area (Å²) in [6.07, 6.45) is 0. The van der Waals surface area contributed by atoms with E-state index < -0.39 is 10.0 Å². The molecule has 0 spiro atoms. The van der Waals surface area contributed by atoms with Crippen LogP contribution in [0.2, 0.25) is 15.1 Å². The zero-order chi connectivity index (χ0) is 15.8. The molecule has 21 heavy (non-hydrogen) atoms. The van der Waals surface area contributed by atoms with Gasteiger partial charge in [-0.1, -0.05) is 34.8 Å². The van der Waals surface area contributed by atoms with Crippen molar-refractivity contribution >= 4 is 56.2 Å². The highest BCUT2D eigenvalue weighted by Gasteiger charge is 2.20. The smallest absolute Gasteiger partial charge is 0.263 e. The summed E-state index contributed by atoms with van der Waals surface area (Å²) in [4.78, 5) is -0.122. The highest BCUT2D eigenvalue weighted by Crippen LogP contribution is 2.31. The summed E-state index contributed by atoms with van der Waals surface area (Å²) >= 11 is 17.8. The van der Waals surface area contributed by atoms with Crippen LogP contribution in [0.3, 0.4) is 0 Å². The fraction of sp³-hybridized carbons (Fsp3) is 0.0769. The first kappa shape index (κ1) is 16.2. The van der Waals surface area contributed by atoms with Gasteiger partial charge in [-0.15, -0.1) is 0 Å². The zero-order valence-electron chi connectivity index (χ0n) is 10.8. The van der Waals surface area contributed by atoms with Crippen LogP contribution in [0.25, 0.3) is 0 Å². The van der Waals surface area contributed by atoms with Crippen molar-refractivity contribution in [2.24, 2.45) is 0 Å². The Balaban J connectivity index is 2.48. The van der Waals surface area contributed by atoms with Crippen molar-refractivity contribution in [1.29, 1.82) is 0 Å². The minimum atomic E-state index is -3.93. The molecule has 0 amide bonds. The Morgan fingerprint density at radius 3 is 2.38 bits per heavy atom. The number of rotatable bonds is 3. The summed E-state index contributed by atoms with van der Waals surface area (Å²) < 4.78 is 27.1. The number of nitrogen functional groups attached to an aromatic ring is 1. The second kappa shape index (κ2) is 5.93. The molecule has 0 aliphatic heterocycles. The molecular formula is C13H11Cl3N2O2S. The Hall–Kier alpha value is -1.14. The number of hydrogen-bond acceptors (Lipinski definition) is 3. The fourth-order valence-corrected chi connectivity index (χ4v) is 3.73. The van der Waals surface area contributed by atoms with Gasteiger partial charge < -0.3 is 5.73 Å². The molecule has 2 aromatic rings. The average molecular weight is 366 g/mol. The van der Waals surface area contributed by atoms with Crippen LogP contribution in [0, 0.1) is 6.92 Å². The van der Waals surface area contributed by atoms with Gasteiger partial charge in [-0.25, -0.2) is 8.42 Å². The molecule has 0 saturated carbocycles. The third kappa shape index (κ3) is 3.55. The quantitative estimate of drug-likeness (QED) is 0.795. The second-order valence-corrected chi connectivity index (χ2v) is 7.27. The summed E-state index contributed by atoms with van der Waals surface area (Å²) in [7, 11) is -3.93. The number of aryl methyl sites for hydroxylation is 1. The minimum absolute atomic E-state index is 0.0763. The number of nitrogens with two attached hydrogens (primary N) is 1. The molecule has 0 bridgehead atoms. The van der Waals surface area contributed by atoms with Gasteiger partial charge in [0.1, 0.15) is 4.90 Å². The molecule has 0 aliphatic rings. The van der Waals surface area contributed by atoms with E-state index in [4.69, 9.17) is 40.5 Å². The van der Waals surface area contributed by atoms with Crippen molar-refractivity contribution in [2.75, 3.05) is 10.5 Å². The Kier molecular flexibility index (Phi) is 4.58. The number of anilines is 2. The summed E-state index contributed by atoms with van der Waals surface area (Å²) in [5.74, 6) is 0. The van der Waals surface area contributed by atoms with E-state index in [0.717, 1.165) is 0 Å². The van der Waals surface area contributed by atoms with E-state index in [1.807, 2.05) is 0 Å². The molecule has 0 radical (unpaired) electrons. The number of nitrogens with one attached hydrogen (secondary N) is 1. The van der Waals surface area contributed by atoms with Gasteiger partial charge in [0.2, 0.25) is 0 Å². The van der Waals surface area contributed by atoms with Crippen LogP contribution < -0.4 is 10.5 Å². The van der Waals surface area contributed by atoms with Gasteiger partial charge in [-0.05, 0) is 42.8 Å². The van der Waals surface area contributed by atoms with Crippen LogP contribution in [0.4, 0.5) is 11.4 Å². The molecule has 2 rings (SSSR count). The highest BCUT2D eigenvalue weighted by atomic mass is 35.5. The van der Waals surface area contributed by atoms with Crippen LogP contribution in [0.1, 0.15) is 5.56 Å². The molecule has 4 nitrogen and oxygen atoms in total. The molecule has 0 atom stereocenters. The SMILES string of the molecule is Cc1cc(Cl)c(S(=O)(=O)Nc2cc(Cl)ccc2Cl)cc1N. The predicted octanol–water partition coefficient (Wildman–Crippen LogP) is 4.34. The van der Waals surface area contributed by atoms with E-state index in [-0.39, 0.29) is 20.6 Å². The first-order valence-electron chi connectivity index (χ1n) is 5.74. The molecule has 0 unspecified atom stereocenters. The van der Waals surface area contributed by atoms with Gasteiger partial charge in [0.25, 0.3) is 10.0 Å². The predicted molar refractivity (Wildman–Crippen MR) is 87.9 cm³/mol. The highest BCUT2D eigenvalue weighted by molar-refractivity contribution is 7.92. The molecule has 112 valence electrons. The van der Waals surface area contributed by atoms with Gasteiger partial charge in [0.15, 0.2) is 0 Å². The Labute approximate surface area is 137 Å². The number of sulfonamides is 1. The van der Waals surface area contributed by atoms with Gasteiger partial charge in [0.05, 0.1) is 15.7 Å². The molecule has 8 heteroatoms. The lowest BCUT2D eigenvalue weighted by Crippen LogP contribution is -2.14. The normalized spacial score (nSPS) is 11.4. The molecule has 3 N–H and O–H groups in total. The molecule has 0 aromatic heterocycles. The fourth-order valence-electron chi connectivity index (χ4n) is 1.65. The van der Waals surface area contributed by atoms with Crippen molar-refractivity contribution in [3.8, 4) is 0 Å². The molecule has 0 fully saturated rings. The van der Waals surface area contributed by atoms with E-state index in [1.54, 1.807) is 13.0 Å². The van der Waals surface area contributed by atoms with Crippen LogP contribution in [0.15, 0.2) is 35.2 Å². The number of hydrogen-bond donors (Lipinski definition) is 2. The minimum Gasteiger partial charge on any atom is -0.398 e. The first-order chi connectivity index (χ1) is 9.70. The molecule has 0 aliphatic carbocycles. The van der Waals surface area contributed by atoms with Crippen LogP contribution >= 0.6 is 34.8 Å². The largest absolute Gasteiger partial charge is 0.398 e. The third-order valence-electron chi connectivity index (χ3n) is 2.78. The zero-order valence-corrected chi connectivity index (χ0v) is 13.9. The third-order valence-corrected chi connectivity index (χ3v) is 5.18. The van der Waals surface area contributed by atoms with Crippen molar-refractivity contribution in [1.82, 2.24) is 0 Å². The lowest BCUT2D eigenvalue weighted by atomic mass is 10.2. The Morgan fingerprint density at radius 2 is 1.71 bits per heavy atom. The van der Waals surface area contributed by atoms with E-state index in [1.165, 1.54) is 24.3 Å². The number of benzene rings is 2. The lowest BCUT2D eigenvalue weighted by molar-refractivity contribution is 0.601. The van der Waals surface area contributed by atoms with E-state index in [0.29, 0.717) is 16.3 Å². The van der Waals surface area contributed by atoms with Crippen molar-refractivity contribution in [3.05, 3.63) is 51.0 Å². The molecule has 2 aromatic carbocycles. The Morgan fingerprint density at radius 1 is 1.05 bits per heavy atom. The molecule has 0 saturated heterocycles. The standard InChI is InChI=1S/C13H11Cl3N2O2S/c1-7-4-10(16)13(6-11(7)17)21(19,20)18-12-5-8(14)2-3-9(12)15/h2-6,18H,17H2,1H3. The summed E-state index contributed by atoms with van der Waals surface area (Å²) in [5, 5.41) is 0.651. The molecular weight excluding hydrogens is 355 g/mol. The van der Waals surface area contributed by atoms with Gasteiger partial charge >= 0.3 is 0 Å².